The third kappa shape index (κ3) is 4.50. The smallest absolute Gasteiger partial charge is 0.349 e. The Kier molecular flexibility index (Phi) is 6.00. The normalized spacial score (nSPS) is 11.7. The highest BCUT2D eigenvalue weighted by atomic mass is 16.5. The minimum Gasteiger partial charge on any atom is -0.489 e. The van der Waals surface area contributed by atoms with E-state index in [0.29, 0.717) is 29.1 Å². The van der Waals surface area contributed by atoms with E-state index in [0.717, 1.165) is 11.0 Å². The first-order valence-corrected chi connectivity index (χ1v) is 10.2. The highest BCUT2D eigenvalue weighted by Gasteiger charge is 2.18. The average molecular weight is 436 g/mol. The van der Waals surface area contributed by atoms with E-state index in [-0.39, 0.29) is 11.4 Å². The SMILES string of the molecule is C=C/C=C\C=C(/C)COc1ccc(-n2c3nc(=O)[nH]c(=O)c-3cc3ccc(C#N)cc32)cc1. The predicted octanol–water partition coefficient (Wildman–Crippen LogP) is 4.12. The van der Waals surface area contributed by atoms with Crippen LogP contribution in [0.4, 0.5) is 0 Å². The molecule has 2 aliphatic heterocycles. The molecule has 0 aromatic heterocycles. The van der Waals surface area contributed by atoms with Crippen molar-refractivity contribution in [2.45, 2.75) is 6.92 Å². The number of nitrogens with one attached hydrogen (secondary N) is 1. The van der Waals surface area contributed by atoms with Crippen LogP contribution in [0.25, 0.3) is 28.0 Å². The Morgan fingerprint density at radius 2 is 1.97 bits per heavy atom. The lowest BCUT2D eigenvalue weighted by Gasteiger charge is -2.18. The van der Waals surface area contributed by atoms with Gasteiger partial charge in [-0.2, -0.15) is 10.2 Å². The molecule has 0 atom stereocenters. The van der Waals surface area contributed by atoms with Crippen LogP contribution >= 0.6 is 0 Å². The van der Waals surface area contributed by atoms with Crippen molar-refractivity contribution in [2.75, 3.05) is 6.61 Å². The van der Waals surface area contributed by atoms with E-state index in [1.54, 1.807) is 47.0 Å². The van der Waals surface area contributed by atoms with Gasteiger partial charge in [-0.05, 0) is 60.3 Å². The summed E-state index contributed by atoms with van der Waals surface area (Å²) < 4.78 is 7.54. The van der Waals surface area contributed by atoms with Gasteiger partial charge in [-0.15, -0.1) is 0 Å². The molecule has 162 valence electrons. The van der Waals surface area contributed by atoms with Crippen LogP contribution in [0.2, 0.25) is 0 Å². The van der Waals surface area contributed by atoms with Crippen LogP contribution in [0.15, 0.2) is 94.6 Å². The Labute approximate surface area is 189 Å². The fourth-order valence-electron chi connectivity index (χ4n) is 3.45. The van der Waals surface area contributed by atoms with Crippen molar-refractivity contribution in [1.82, 2.24) is 14.5 Å². The largest absolute Gasteiger partial charge is 0.489 e. The maximum atomic E-state index is 12.5. The molecule has 4 rings (SSSR count). The molecule has 0 amide bonds. The average Bonchev–Trinajstić information content (AvgIpc) is 2.82. The molecule has 7 heteroatoms. The van der Waals surface area contributed by atoms with Crippen molar-refractivity contribution in [1.29, 1.82) is 5.26 Å². The number of fused-ring (bicyclic) bond motifs is 2. The van der Waals surface area contributed by atoms with Crippen LogP contribution in [-0.2, 0) is 0 Å². The van der Waals surface area contributed by atoms with Gasteiger partial charge in [-0.1, -0.05) is 36.9 Å². The summed E-state index contributed by atoms with van der Waals surface area (Å²) in [6, 6.07) is 16.2. The number of hydrogen-bond acceptors (Lipinski definition) is 5. The van der Waals surface area contributed by atoms with Gasteiger partial charge in [0.05, 0.1) is 22.7 Å². The summed E-state index contributed by atoms with van der Waals surface area (Å²) in [6.45, 7) is 6.03. The fourth-order valence-corrected chi connectivity index (χ4v) is 3.45. The van der Waals surface area contributed by atoms with Gasteiger partial charge in [0.2, 0.25) is 0 Å². The number of ether oxygens (including phenoxy) is 1. The highest BCUT2D eigenvalue weighted by Crippen LogP contribution is 2.29. The van der Waals surface area contributed by atoms with Gasteiger partial charge < -0.3 is 4.74 Å². The van der Waals surface area contributed by atoms with Gasteiger partial charge >= 0.3 is 5.69 Å². The molecule has 1 N–H and O–H groups in total. The minimum atomic E-state index is -0.732. The molecule has 0 spiro atoms. The minimum absolute atomic E-state index is 0.216. The molecule has 33 heavy (non-hydrogen) atoms. The lowest BCUT2D eigenvalue weighted by Crippen LogP contribution is -2.27. The topological polar surface area (TPSA) is 101 Å². The zero-order chi connectivity index (χ0) is 23.4. The number of H-pyrrole nitrogens is 1. The van der Waals surface area contributed by atoms with Gasteiger partial charge in [0.15, 0.2) is 5.82 Å². The third-order valence-electron chi connectivity index (χ3n) is 5.01. The number of benzene rings is 2. The maximum absolute atomic E-state index is 12.5. The summed E-state index contributed by atoms with van der Waals surface area (Å²) in [5.74, 6) is 0.880. The van der Waals surface area contributed by atoms with Gasteiger partial charge in [0.1, 0.15) is 12.4 Å². The molecule has 0 saturated heterocycles. The van der Waals surface area contributed by atoms with Crippen molar-refractivity contribution in [3.63, 3.8) is 0 Å². The molecule has 2 aliphatic rings. The van der Waals surface area contributed by atoms with Crippen molar-refractivity contribution in [2.24, 2.45) is 0 Å². The molecular weight excluding hydrogens is 416 g/mol. The zero-order valence-electron chi connectivity index (χ0n) is 17.9. The summed E-state index contributed by atoms with van der Waals surface area (Å²) in [5.41, 5.74) is 1.85. The second kappa shape index (κ2) is 9.20. The Hall–Kier alpha value is -4.70. The van der Waals surface area contributed by atoms with E-state index >= 15 is 0 Å². The molecule has 2 aromatic carbocycles. The third-order valence-corrected chi connectivity index (χ3v) is 5.01. The monoisotopic (exact) mass is 436 g/mol. The maximum Gasteiger partial charge on any atom is 0.349 e. The molecule has 0 aliphatic carbocycles. The number of aromatic nitrogens is 3. The molecule has 0 saturated carbocycles. The summed E-state index contributed by atoms with van der Waals surface area (Å²) in [7, 11) is 0. The number of hydrogen-bond donors (Lipinski definition) is 1. The number of rotatable bonds is 6. The second-order valence-electron chi connectivity index (χ2n) is 7.39. The van der Waals surface area contributed by atoms with Crippen molar-refractivity contribution in [3.05, 3.63) is 111 Å². The first-order valence-electron chi connectivity index (χ1n) is 10.2. The van der Waals surface area contributed by atoms with Gasteiger partial charge in [-0.3, -0.25) is 14.3 Å². The summed E-state index contributed by atoms with van der Waals surface area (Å²) in [6.07, 6.45) is 7.39. The van der Waals surface area contributed by atoms with Crippen molar-refractivity contribution >= 4 is 10.9 Å². The Morgan fingerprint density at radius 1 is 1.18 bits per heavy atom. The van der Waals surface area contributed by atoms with E-state index in [1.807, 2.05) is 37.3 Å². The molecule has 0 unspecified atom stereocenters. The highest BCUT2D eigenvalue weighted by molar-refractivity contribution is 5.88. The summed E-state index contributed by atoms with van der Waals surface area (Å²) >= 11 is 0. The zero-order valence-corrected chi connectivity index (χ0v) is 17.9. The molecule has 7 nitrogen and oxygen atoms in total. The number of nitrogens with zero attached hydrogens (tertiary/aromatic N) is 3. The quantitative estimate of drug-likeness (QED) is 0.362. The number of allylic oxidation sites excluding steroid dienone is 4. The van der Waals surface area contributed by atoms with Crippen molar-refractivity contribution in [3.8, 4) is 28.9 Å². The Morgan fingerprint density at radius 3 is 2.70 bits per heavy atom. The van der Waals surface area contributed by atoms with Gasteiger partial charge in [0.25, 0.3) is 5.56 Å². The van der Waals surface area contributed by atoms with E-state index in [2.05, 4.69) is 22.6 Å². The number of nitriles is 1. The van der Waals surface area contributed by atoms with Crippen LogP contribution in [-0.4, -0.2) is 21.1 Å². The summed E-state index contributed by atoms with van der Waals surface area (Å²) in [4.78, 5) is 30.7. The lowest BCUT2D eigenvalue weighted by atomic mass is 10.1. The van der Waals surface area contributed by atoms with Crippen LogP contribution < -0.4 is 16.0 Å². The first kappa shape index (κ1) is 21.5. The van der Waals surface area contributed by atoms with Crippen LogP contribution in [0, 0.1) is 11.3 Å². The molecule has 2 aromatic rings. The fraction of sp³-hybridized carbons (Fsp3) is 0.0769. The Balaban J connectivity index is 1.79. The van der Waals surface area contributed by atoms with Gasteiger partial charge in [-0.25, -0.2) is 4.79 Å². The standard InChI is InChI=1S/C26H20N4O3/c1-3-4-5-6-17(2)16-33-21-11-9-20(10-12-21)30-23-13-18(15-27)7-8-19(23)14-22-24(30)28-26(32)29-25(22)31/h3-14H,1,16H2,2H3,(H,29,31,32)/b5-4-,17-6+. The van der Waals surface area contributed by atoms with Crippen LogP contribution in [0.1, 0.15) is 12.5 Å². The molecule has 0 radical (unpaired) electrons. The van der Waals surface area contributed by atoms with E-state index < -0.39 is 11.2 Å². The molecule has 0 fully saturated rings. The van der Waals surface area contributed by atoms with E-state index in [1.165, 1.54) is 0 Å². The van der Waals surface area contributed by atoms with Crippen molar-refractivity contribution < 1.29 is 4.74 Å². The lowest BCUT2D eigenvalue weighted by molar-refractivity contribution is 0.352. The molecular formula is C26H20N4O3. The van der Waals surface area contributed by atoms with Crippen LogP contribution in [0.3, 0.4) is 0 Å². The number of aromatic amines is 1. The van der Waals surface area contributed by atoms with Gasteiger partial charge in [0, 0.05) is 5.69 Å². The molecule has 2 heterocycles. The van der Waals surface area contributed by atoms with E-state index in [4.69, 9.17) is 4.74 Å². The molecule has 0 bridgehead atoms. The number of pyridine rings is 1. The first-order chi connectivity index (χ1) is 16.0. The summed E-state index contributed by atoms with van der Waals surface area (Å²) in [5, 5.41) is 10.1. The second-order valence-corrected chi connectivity index (χ2v) is 7.39. The predicted molar refractivity (Wildman–Crippen MR) is 128 cm³/mol. The van der Waals surface area contributed by atoms with E-state index in [9.17, 15) is 14.9 Å². The Bertz CT molecular complexity index is 1530. The van der Waals surface area contributed by atoms with Crippen LogP contribution in [0.5, 0.6) is 5.75 Å².